The molecule has 0 aromatic carbocycles. The van der Waals surface area contributed by atoms with E-state index in [0.717, 1.165) is 25.3 Å². The zero-order chi connectivity index (χ0) is 13.1. The van der Waals surface area contributed by atoms with E-state index in [2.05, 4.69) is 32.2 Å². The fourth-order valence-corrected chi connectivity index (χ4v) is 3.91. The lowest BCUT2D eigenvalue weighted by Crippen LogP contribution is -2.29. The van der Waals surface area contributed by atoms with E-state index in [0.29, 0.717) is 6.04 Å². The van der Waals surface area contributed by atoms with Crippen molar-refractivity contribution < 1.29 is 5.11 Å². The molecule has 18 heavy (non-hydrogen) atoms. The molecule has 1 heterocycles. The lowest BCUT2D eigenvalue weighted by Gasteiger charge is -2.27. The molecule has 0 radical (unpaired) electrons. The van der Waals surface area contributed by atoms with Gasteiger partial charge in [-0.2, -0.15) is 0 Å². The molecule has 1 aliphatic carbocycles. The number of hydrogen-bond donors (Lipinski definition) is 2. The SMILES string of the molecule is Cc1cc(C(C)NCC2CCC(O)CC2)c(C)s1. The Morgan fingerprint density at radius 3 is 2.56 bits per heavy atom. The highest BCUT2D eigenvalue weighted by molar-refractivity contribution is 7.12. The van der Waals surface area contributed by atoms with Crippen LogP contribution in [0.3, 0.4) is 0 Å². The number of hydrogen-bond acceptors (Lipinski definition) is 3. The number of aliphatic hydroxyl groups is 1. The normalized spacial score (nSPS) is 26.2. The molecule has 1 atom stereocenters. The van der Waals surface area contributed by atoms with E-state index in [-0.39, 0.29) is 6.10 Å². The Morgan fingerprint density at radius 1 is 1.33 bits per heavy atom. The summed E-state index contributed by atoms with van der Waals surface area (Å²) in [7, 11) is 0. The Kier molecular flexibility index (Phi) is 4.82. The third-order valence-electron chi connectivity index (χ3n) is 4.07. The molecule has 102 valence electrons. The molecule has 2 N–H and O–H groups in total. The summed E-state index contributed by atoms with van der Waals surface area (Å²) < 4.78 is 0. The van der Waals surface area contributed by atoms with Gasteiger partial charge in [0.25, 0.3) is 0 Å². The maximum atomic E-state index is 9.50. The van der Waals surface area contributed by atoms with Gasteiger partial charge in [0.05, 0.1) is 6.10 Å². The van der Waals surface area contributed by atoms with Crippen LogP contribution in [0.5, 0.6) is 0 Å². The Morgan fingerprint density at radius 2 is 2.00 bits per heavy atom. The molecule has 2 nitrogen and oxygen atoms in total. The maximum absolute atomic E-state index is 9.50. The molecule has 0 bridgehead atoms. The minimum absolute atomic E-state index is 0.0413. The van der Waals surface area contributed by atoms with Crippen molar-refractivity contribution in [3.05, 3.63) is 21.4 Å². The van der Waals surface area contributed by atoms with E-state index in [1.165, 1.54) is 28.2 Å². The molecule has 1 aromatic rings. The summed E-state index contributed by atoms with van der Waals surface area (Å²) in [6.07, 6.45) is 4.26. The Hall–Kier alpha value is -0.380. The Balaban J connectivity index is 1.81. The Bertz CT molecular complexity index is 380. The van der Waals surface area contributed by atoms with Crippen molar-refractivity contribution in [1.29, 1.82) is 0 Å². The maximum Gasteiger partial charge on any atom is 0.0540 e. The van der Waals surface area contributed by atoms with E-state index in [1.807, 2.05) is 11.3 Å². The predicted molar refractivity (Wildman–Crippen MR) is 78.2 cm³/mol. The first-order valence-corrected chi connectivity index (χ1v) is 7.86. The number of aliphatic hydroxyl groups excluding tert-OH is 1. The second kappa shape index (κ2) is 6.18. The van der Waals surface area contributed by atoms with Gasteiger partial charge in [-0.3, -0.25) is 0 Å². The van der Waals surface area contributed by atoms with Gasteiger partial charge < -0.3 is 10.4 Å². The van der Waals surface area contributed by atoms with Crippen LogP contribution in [0, 0.1) is 19.8 Å². The van der Waals surface area contributed by atoms with Gasteiger partial charge in [0.2, 0.25) is 0 Å². The summed E-state index contributed by atoms with van der Waals surface area (Å²) in [6.45, 7) is 7.73. The van der Waals surface area contributed by atoms with Gasteiger partial charge in [0, 0.05) is 15.8 Å². The topological polar surface area (TPSA) is 32.3 Å². The molecule has 0 aliphatic heterocycles. The first-order valence-electron chi connectivity index (χ1n) is 7.04. The zero-order valence-corrected chi connectivity index (χ0v) is 12.5. The third kappa shape index (κ3) is 3.56. The van der Waals surface area contributed by atoms with Crippen LogP contribution in [0.25, 0.3) is 0 Å². The zero-order valence-electron chi connectivity index (χ0n) is 11.7. The number of rotatable bonds is 4. The summed E-state index contributed by atoms with van der Waals surface area (Å²) in [5.74, 6) is 0.746. The van der Waals surface area contributed by atoms with E-state index in [9.17, 15) is 5.11 Å². The van der Waals surface area contributed by atoms with Crippen LogP contribution in [0.1, 0.15) is 54.0 Å². The highest BCUT2D eigenvalue weighted by Crippen LogP contribution is 2.28. The molecule has 1 aliphatic rings. The monoisotopic (exact) mass is 267 g/mol. The van der Waals surface area contributed by atoms with Crippen LogP contribution < -0.4 is 5.32 Å². The van der Waals surface area contributed by atoms with Gasteiger partial charge in [-0.1, -0.05) is 0 Å². The number of thiophene rings is 1. The van der Waals surface area contributed by atoms with Gasteiger partial charge in [0.1, 0.15) is 0 Å². The number of nitrogens with one attached hydrogen (secondary N) is 1. The average Bonchev–Trinajstić information content (AvgIpc) is 2.67. The van der Waals surface area contributed by atoms with Crippen molar-refractivity contribution in [2.24, 2.45) is 5.92 Å². The standard InChI is InChI=1S/C15H25NOS/c1-10-8-15(12(3)18-10)11(2)16-9-13-4-6-14(17)7-5-13/h8,11,13-14,16-17H,4-7,9H2,1-3H3. The summed E-state index contributed by atoms with van der Waals surface area (Å²) in [5.41, 5.74) is 1.45. The quantitative estimate of drug-likeness (QED) is 0.874. The van der Waals surface area contributed by atoms with Crippen LogP contribution in [-0.2, 0) is 0 Å². The highest BCUT2D eigenvalue weighted by Gasteiger charge is 2.20. The second-order valence-electron chi connectivity index (χ2n) is 5.67. The molecule has 2 rings (SSSR count). The van der Waals surface area contributed by atoms with Crippen LogP contribution in [0.4, 0.5) is 0 Å². The minimum atomic E-state index is -0.0413. The molecule has 0 spiro atoms. The average molecular weight is 267 g/mol. The molecular weight excluding hydrogens is 242 g/mol. The fourth-order valence-electron chi connectivity index (χ4n) is 2.88. The van der Waals surface area contributed by atoms with Gasteiger partial charge in [-0.05, 0) is 70.5 Å². The van der Waals surface area contributed by atoms with E-state index in [4.69, 9.17) is 0 Å². The summed E-state index contributed by atoms with van der Waals surface area (Å²) in [5, 5.41) is 13.2. The second-order valence-corrected chi connectivity index (χ2v) is 7.13. The van der Waals surface area contributed by atoms with Crippen LogP contribution >= 0.6 is 11.3 Å². The largest absolute Gasteiger partial charge is 0.393 e. The van der Waals surface area contributed by atoms with Crippen molar-refractivity contribution in [3.63, 3.8) is 0 Å². The van der Waals surface area contributed by atoms with E-state index >= 15 is 0 Å². The minimum Gasteiger partial charge on any atom is -0.393 e. The van der Waals surface area contributed by atoms with Crippen LogP contribution in [0.2, 0.25) is 0 Å². The summed E-state index contributed by atoms with van der Waals surface area (Å²) >= 11 is 1.89. The molecule has 1 fully saturated rings. The molecule has 1 unspecified atom stereocenters. The molecule has 0 saturated heterocycles. The van der Waals surface area contributed by atoms with Crippen molar-refractivity contribution in [3.8, 4) is 0 Å². The van der Waals surface area contributed by atoms with Gasteiger partial charge in [0.15, 0.2) is 0 Å². The lowest BCUT2D eigenvalue weighted by molar-refractivity contribution is 0.108. The van der Waals surface area contributed by atoms with E-state index < -0.39 is 0 Å². The molecular formula is C15H25NOS. The van der Waals surface area contributed by atoms with Crippen molar-refractivity contribution in [2.75, 3.05) is 6.54 Å². The summed E-state index contributed by atoms with van der Waals surface area (Å²) in [4.78, 5) is 2.84. The van der Waals surface area contributed by atoms with Crippen LogP contribution in [0.15, 0.2) is 6.07 Å². The predicted octanol–water partition coefficient (Wildman–Crippen LogP) is 3.57. The lowest BCUT2D eigenvalue weighted by atomic mass is 9.87. The van der Waals surface area contributed by atoms with Gasteiger partial charge in [-0.25, -0.2) is 0 Å². The molecule has 3 heteroatoms. The number of aryl methyl sites for hydroxylation is 2. The van der Waals surface area contributed by atoms with Crippen molar-refractivity contribution in [1.82, 2.24) is 5.32 Å². The van der Waals surface area contributed by atoms with Crippen LogP contribution in [-0.4, -0.2) is 17.8 Å². The molecule has 0 amide bonds. The first-order chi connectivity index (χ1) is 8.56. The van der Waals surface area contributed by atoms with Gasteiger partial charge in [-0.15, -0.1) is 11.3 Å². The van der Waals surface area contributed by atoms with Gasteiger partial charge >= 0.3 is 0 Å². The Labute approximate surface area is 114 Å². The van der Waals surface area contributed by atoms with Crippen molar-refractivity contribution >= 4 is 11.3 Å². The fraction of sp³-hybridized carbons (Fsp3) is 0.733. The first kappa shape index (κ1) is 14.0. The third-order valence-corrected chi connectivity index (χ3v) is 5.06. The van der Waals surface area contributed by atoms with E-state index in [1.54, 1.807) is 0 Å². The highest BCUT2D eigenvalue weighted by atomic mass is 32.1. The summed E-state index contributed by atoms with van der Waals surface area (Å²) in [6, 6.07) is 2.75. The van der Waals surface area contributed by atoms with Crippen molar-refractivity contribution in [2.45, 2.75) is 58.6 Å². The molecule has 1 saturated carbocycles. The smallest absolute Gasteiger partial charge is 0.0540 e. The molecule has 1 aromatic heterocycles.